The van der Waals surface area contributed by atoms with E-state index in [4.69, 9.17) is 0 Å². The van der Waals surface area contributed by atoms with Crippen LogP contribution in [0, 0.1) is 0 Å². The zero-order chi connectivity index (χ0) is 26.9. The lowest BCUT2D eigenvalue weighted by molar-refractivity contribution is -0.597. The SMILES string of the molecule is c1ccc(-c2ccc3c(c2)-c2cccc[n+]2/C(=C2\c4cc5ccc6ccccc6c5cc4-c4cccc[n+]42)C3)cc1. The molecule has 2 aliphatic heterocycles. The van der Waals surface area contributed by atoms with Gasteiger partial charge in [-0.15, -0.1) is 0 Å². The average molecular weight is 523 g/mol. The number of aromatic nitrogens is 2. The first-order valence-electron chi connectivity index (χ1n) is 14.2. The van der Waals surface area contributed by atoms with Crippen LogP contribution in [0.15, 0.2) is 146 Å². The Bertz CT molecular complexity index is 2220. The van der Waals surface area contributed by atoms with E-state index in [1.807, 2.05) is 0 Å². The van der Waals surface area contributed by atoms with E-state index >= 15 is 0 Å². The van der Waals surface area contributed by atoms with Crippen molar-refractivity contribution in [1.29, 1.82) is 0 Å². The molecule has 0 saturated carbocycles. The van der Waals surface area contributed by atoms with Gasteiger partial charge in [-0.2, -0.15) is 9.13 Å². The fourth-order valence-electron chi connectivity index (χ4n) is 6.89. The molecule has 2 nitrogen and oxygen atoms in total. The summed E-state index contributed by atoms with van der Waals surface area (Å²) < 4.78 is 4.81. The van der Waals surface area contributed by atoms with Crippen LogP contribution in [0.3, 0.4) is 0 Å². The quantitative estimate of drug-likeness (QED) is 0.151. The fraction of sp³-hybridized carbons (Fsp3) is 0.0256. The van der Waals surface area contributed by atoms with E-state index < -0.39 is 0 Å². The molecule has 0 N–H and O–H groups in total. The number of pyridine rings is 2. The first kappa shape index (κ1) is 22.5. The maximum atomic E-state index is 2.41. The van der Waals surface area contributed by atoms with Gasteiger partial charge in [0.25, 0.3) is 11.4 Å². The van der Waals surface area contributed by atoms with Crippen LogP contribution >= 0.6 is 0 Å². The summed E-state index contributed by atoms with van der Waals surface area (Å²) in [6, 6.07) is 48.8. The molecule has 0 fully saturated rings. The lowest BCUT2D eigenvalue weighted by Gasteiger charge is -2.17. The molecule has 0 aliphatic carbocycles. The number of hydrogen-bond acceptors (Lipinski definition) is 0. The second-order valence-electron chi connectivity index (χ2n) is 11.0. The Balaban J connectivity index is 1.31. The molecule has 0 unspecified atom stereocenters. The van der Waals surface area contributed by atoms with Crippen LogP contribution in [0.4, 0.5) is 0 Å². The largest absolute Gasteiger partial charge is 0.287 e. The van der Waals surface area contributed by atoms with Crippen LogP contribution < -0.4 is 9.13 Å². The van der Waals surface area contributed by atoms with Gasteiger partial charge in [-0.25, -0.2) is 0 Å². The molecule has 2 heteroatoms. The number of hydrogen-bond donors (Lipinski definition) is 0. The van der Waals surface area contributed by atoms with Gasteiger partial charge in [-0.1, -0.05) is 78.9 Å². The van der Waals surface area contributed by atoms with Crippen LogP contribution in [0.5, 0.6) is 0 Å². The summed E-state index contributed by atoms with van der Waals surface area (Å²) in [5.74, 6) is 0. The highest BCUT2D eigenvalue weighted by molar-refractivity contribution is 6.10. The standard InChI is InChI=1S/C39H26N2/c1-2-10-26(11-3-1)28-17-19-30-24-38(40-20-8-6-14-36(40)33(30)22-28)39-35-23-29-18-16-27-12-4-5-13-31(27)32(29)25-34(35)37-15-7-9-21-41(37)39/h1-23,25H,24H2/q+2/b39-38+. The molecule has 7 aromatic rings. The third kappa shape index (κ3) is 3.31. The van der Waals surface area contributed by atoms with E-state index in [9.17, 15) is 0 Å². The Morgan fingerprint density at radius 2 is 1.17 bits per heavy atom. The number of rotatable bonds is 1. The van der Waals surface area contributed by atoms with Crippen molar-refractivity contribution in [3.8, 4) is 33.6 Å². The molecule has 2 aliphatic rings. The van der Waals surface area contributed by atoms with Crippen LogP contribution in [0.25, 0.3) is 66.6 Å². The topological polar surface area (TPSA) is 7.76 Å². The van der Waals surface area contributed by atoms with Crippen LogP contribution in [0.2, 0.25) is 0 Å². The third-order valence-electron chi connectivity index (χ3n) is 8.79. The Kier molecular flexibility index (Phi) is 4.70. The first-order valence-corrected chi connectivity index (χ1v) is 14.2. The predicted octanol–water partition coefficient (Wildman–Crippen LogP) is 8.31. The minimum Gasteiger partial charge on any atom is -0.158 e. The van der Waals surface area contributed by atoms with Gasteiger partial charge in [0.15, 0.2) is 12.4 Å². The highest BCUT2D eigenvalue weighted by atomic mass is 15.1. The molecule has 0 atom stereocenters. The monoisotopic (exact) mass is 522 g/mol. The van der Waals surface area contributed by atoms with Crippen molar-refractivity contribution < 1.29 is 9.13 Å². The van der Waals surface area contributed by atoms with Gasteiger partial charge in [0.1, 0.15) is 0 Å². The maximum Gasteiger partial charge on any atom is 0.287 e. The Hall–Kier alpha value is -5.34. The second-order valence-corrected chi connectivity index (χ2v) is 11.0. The van der Waals surface area contributed by atoms with E-state index in [0.29, 0.717) is 0 Å². The van der Waals surface area contributed by atoms with Gasteiger partial charge in [0.05, 0.1) is 23.1 Å². The summed E-state index contributed by atoms with van der Waals surface area (Å²) in [6.45, 7) is 0. The Morgan fingerprint density at radius 3 is 2.05 bits per heavy atom. The maximum absolute atomic E-state index is 2.41. The summed E-state index contributed by atoms with van der Waals surface area (Å²) in [5, 5.41) is 5.16. The summed E-state index contributed by atoms with van der Waals surface area (Å²) in [5.41, 5.74) is 12.8. The Morgan fingerprint density at radius 1 is 0.439 bits per heavy atom. The van der Waals surface area contributed by atoms with Gasteiger partial charge in [0.2, 0.25) is 11.4 Å². The highest BCUT2D eigenvalue weighted by Crippen LogP contribution is 2.42. The van der Waals surface area contributed by atoms with Crippen molar-refractivity contribution in [3.05, 3.63) is 157 Å². The summed E-state index contributed by atoms with van der Waals surface area (Å²) in [7, 11) is 0. The Labute approximate surface area is 238 Å². The molecule has 0 bridgehead atoms. The molecule has 0 amide bonds. The lowest BCUT2D eigenvalue weighted by atomic mass is 9.90. The second kappa shape index (κ2) is 8.58. The zero-order valence-electron chi connectivity index (χ0n) is 22.5. The van der Waals surface area contributed by atoms with Crippen molar-refractivity contribution >= 4 is 32.9 Å². The normalized spacial score (nSPS) is 14.9. The molecule has 0 spiro atoms. The van der Waals surface area contributed by atoms with Crippen molar-refractivity contribution in [2.45, 2.75) is 6.42 Å². The van der Waals surface area contributed by atoms with E-state index in [0.717, 1.165) is 6.42 Å². The molecule has 9 rings (SSSR count). The first-order chi connectivity index (χ1) is 20.3. The molecule has 5 aromatic carbocycles. The van der Waals surface area contributed by atoms with Crippen LogP contribution in [-0.2, 0) is 6.42 Å². The number of nitrogens with zero attached hydrogens (tertiary/aromatic N) is 2. The minimum atomic E-state index is 0.859. The summed E-state index contributed by atoms with van der Waals surface area (Å²) >= 11 is 0. The average Bonchev–Trinajstić information content (AvgIpc) is 3.36. The molecule has 0 radical (unpaired) electrons. The molecule has 4 heterocycles. The number of allylic oxidation sites excluding steroid dienone is 1. The van der Waals surface area contributed by atoms with Crippen molar-refractivity contribution in [2.24, 2.45) is 0 Å². The summed E-state index contributed by atoms with van der Waals surface area (Å²) in [4.78, 5) is 0. The summed E-state index contributed by atoms with van der Waals surface area (Å²) in [6.07, 6.45) is 5.31. The van der Waals surface area contributed by atoms with E-state index in [2.05, 4.69) is 155 Å². The van der Waals surface area contributed by atoms with Gasteiger partial charge in [-0.3, -0.25) is 0 Å². The van der Waals surface area contributed by atoms with E-state index in [1.165, 1.54) is 77.7 Å². The molecule has 190 valence electrons. The van der Waals surface area contributed by atoms with Crippen molar-refractivity contribution in [2.75, 3.05) is 0 Å². The van der Waals surface area contributed by atoms with Crippen molar-refractivity contribution in [3.63, 3.8) is 0 Å². The van der Waals surface area contributed by atoms with E-state index in [1.54, 1.807) is 0 Å². The molecule has 41 heavy (non-hydrogen) atoms. The number of fused-ring (bicyclic) bond motifs is 9. The van der Waals surface area contributed by atoms with Crippen LogP contribution in [0.1, 0.15) is 11.1 Å². The van der Waals surface area contributed by atoms with E-state index in [-0.39, 0.29) is 0 Å². The van der Waals surface area contributed by atoms with Gasteiger partial charge < -0.3 is 0 Å². The molecule has 0 saturated heterocycles. The van der Waals surface area contributed by atoms with Gasteiger partial charge in [0, 0.05) is 24.3 Å². The van der Waals surface area contributed by atoms with Crippen LogP contribution in [-0.4, -0.2) is 0 Å². The fourth-order valence-corrected chi connectivity index (χ4v) is 6.89. The smallest absolute Gasteiger partial charge is 0.158 e. The van der Waals surface area contributed by atoms with Gasteiger partial charge >= 0.3 is 0 Å². The zero-order valence-corrected chi connectivity index (χ0v) is 22.5. The molecular formula is C39H26N2+2. The highest BCUT2D eigenvalue weighted by Gasteiger charge is 2.41. The van der Waals surface area contributed by atoms with Gasteiger partial charge in [-0.05, 0) is 68.6 Å². The lowest BCUT2D eigenvalue weighted by Crippen LogP contribution is -2.43. The predicted molar refractivity (Wildman–Crippen MR) is 167 cm³/mol. The number of benzene rings is 5. The molecular weight excluding hydrogens is 496 g/mol. The minimum absolute atomic E-state index is 0.859. The van der Waals surface area contributed by atoms with Crippen molar-refractivity contribution in [1.82, 2.24) is 0 Å². The molecule has 2 aromatic heterocycles. The third-order valence-corrected chi connectivity index (χ3v) is 8.79.